The highest BCUT2D eigenvalue weighted by Crippen LogP contribution is 2.35. The van der Waals surface area contributed by atoms with E-state index in [0.717, 1.165) is 24.8 Å². The lowest BCUT2D eigenvalue weighted by molar-refractivity contribution is 0.0599. The molecule has 0 amide bonds. The average molecular weight is 323 g/mol. The van der Waals surface area contributed by atoms with Crippen LogP contribution in [0.4, 0.5) is 0 Å². The summed E-state index contributed by atoms with van der Waals surface area (Å²) in [6.07, 6.45) is 10.1. The third-order valence-corrected chi connectivity index (χ3v) is 5.13. The smallest absolute Gasteiger partial charge is 0.338 e. The van der Waals surface area contributed by atoms with Crippen molar-refractivity contribution in [3.05, 3.63) is 64.5 Å². The molecule has 1 aromatic carbocycles. The summed E-state index contributed by atoms with van der Waals surface area (Å²) in [5.74, 6) is 0.300. The summed E-state index contributed by atoms with van der Waals surface area (Å²) >= 11 is 0. The SMILES string of the molecule is CCc1ccc2c(c1)CCC[C@H]2CCc1cnccc1C(=O)OC. The molecule has 0 fully saturated rings. The fourth-order valence-electron chi connectivity index (χ4n) is 3.75. The Kier molecular flexibility index (Phi) is 5.29. The first-order valence-electron chi connectivity index (χ1n) is 8.85. The molecule has 0 aliphatic heterocycles. The van der Waals surface area contributed by atoms with Gasteiger partial charge in [-0.3, -0.25) is 4.98 Å². The third-order valence-electron chi connectivity index (χ3n) is 5.13. The van der Waals surface area contributed by atoms with E-state index in [9.17, 15) is 4.79 Å². The molecular formula is C21H25NO2. The lowest BCUT2D eigenvalue weighted by Gasteiger charge is -2.26. The average Bonchev–Trinajstić information content (AvgIpc) is 2.65. The molecule has 0 bridgehead atoms. The van der Waals surface area contributed by atoms with E-state index in [1.807, 2.05) is 0 Å². The normalized spacial score (nSPS) is 16.5. The van der Waals surface area contributed by atoms with Crippen LogP contribution in [0.15, 0.2) is 36.7 Å². The van der Waals surface area contributed by atoms with Gasteiger partial charge in [0.05, 0.1) is 12.7 Å². The molecule has 1 heterocycles. The lowest BCUT2D eigenvalue weighted by atomic mass is 9.79. The van der Waals surface area contributed by atoms with Crippen LogP contribution in [-0.2, 0) is 24.0 Å². The number of hydrogen-bond acceptors (Lipinski definition) is 3. The molecule has 3 nitrogen and oxygen atoms in total. The molecule has 1 aliphatic rings. The standard InChI is InChI=1S/C21H25NO2/c1-3-15-7-10-19-16(5-4-6-17(19)13-15)8-9-18-14-22-12-11-20(18)21(23)24-2/h7,10-14,16H,3-6,8-9H2,1-2H3/t16-/m0/s1. The predicted octanol–water partition coefficient (Wildman–Crippen LogP) is 4.48. The Hall–Kier alpha value is -2.16. The fourth-order valence-corrected chi connectivity index (χ4v) is 3.75. The van der Waals surface area contributed by atoms with Crippen molar-refractivity contribution in [1.29, 1.82) is 0 Å². The van der Waals surface area contributed by atoms with E-state index in [2.05, 4.69) is 30.1 Å². The summed E-state index contributed by atoms with van der Waals surface area (Å²) in [6.45, 7) is 2.21. The van der Waals surface area contributed by atoms with Gasteiger partial charge >= 0.3 is 5.97 Å². The number of rotatable bonds is 5. The molecule has 0 spiro atoms. The molecule has 1 atom stereocenters. The van der Waals surface area contributed by atoms with Gasteiger partial charge in [0, 0.05) is 12.4 Å². The monoisotopic (exact) mass is 323 g/mol. The number of hydrogen-bond donors (Lipinski definition) is 0. The second-order valence-corrected chi connectivity index (χ2v) is 6.54. The van der Waals surface area contributed by atoms with E-state index in [0.29, 0.717) is 11.5 Å². The second-order valence-electron chi connectivity index (χ2n) is 6.54. The van der Waals surface area contributed by atoms with E-state index in [-0.39, 0.29) is 5.97 Å². The Morgan fingerprint density at radius 3 is 3.00 bits per heavy atom. The summed E-state index contributed by atoms with van der Waals surface area (Å²) in [5, 5.41) is 0. The molecule has 0 saturated heterocycles. The molecule has 3 heteroatoms. The largest absolute Gasteiger partial charge is 0.465 e. The zero-order valence-electron chi connectivity index (χ0n) is 14.5. The Labute approximate surface area is 144 Å². The molecule has 0 saturated carbocycles. The molecule has 1 aromatic heterocycles. The first-order valence-corrected chi connectivity index (χ1v) is 8.85. The number of ether oxygens (including phenoxy) is 1. The highest BCUT2D eigenvalue weighted by atomic mass is 16.5. The number of pyridine rings is 1. The topological polar surface area (TPSA) is 39.2 Å². The van der Waals surface area contributed by atoms with E-state index in [1.165, 1.54) is 43.1 Å². The molecule has 3 rings (SSSR count). The maximum absolute atomic E-state index is 11.9. The quantitative estimate of drug-likeness (QED) is 0.761. The van der Waals surface area contributed by atoms with Gasteiger partial charge in [-0.15, -0.1) is 0 Å². The number of aryl methyl sites for hydroxylation is 3. The molecule has 1 aliphatic carbocycles. The number of fused-ring (bicyclic) bond motifs is 1. The van der Waals surface area contributed by atoms with Crippen LogP contribution in [0.25, 0.3) is 0 Å². The van der Waals surface area contributed by atoms with Crippen molar-refractivity contribution < 1.29 is 9.53 Å². The molecule has 2 aromatic rings. The molecular weight excluding hydrogens is 298 g/mol. The van der Waals surface area contributed by atoms with Gasteiger partial charge < -0.3 is 4.74 Å². The zero-order chi connectivity index (χ0) is 16.9. The summed E-state index contributed by atoms with van der Waals surface area (Å²) in [7, 11) is 1.43. The van der Waals surface area contributed by atoms with E-state index < -0.39 is 0 Å². The van der Waals surface area contributed by atoms with Gasteiger partial charge in [-0.2, -0.15) is 0 Å². The van der Waals surface area contributed by atoms with E-state index >= 15 is 0 Å². The zero-order valence-corrected chi connectivity index (χ0v) is 14.5. The van der Waals surface area contributed by atoms with Crippen molar-refractivity contribution in [1.82, 2.24) is 4.98 Å². The van der Waals surface area contributed by atoms with Crippen molar-refractivity contribution >= 4 is 5.97 Å². The van der Waals surface area contributed by atoms with Crippen molar-refractivity contribution in [2.75, 3.05) is 7.11 Å². The molecule has 0 unspecified atom stereocenters. The number of nitrogens with zero attached hydrogens (tertiary/aromatic N) is 1. The van der Waals surface area contributed by atoms with Crippen LogP contribution < -0.4 is 0 Å². The van der Waals surface area contributed by atoms with Crippen LogP contribution in [-0.4, -0.2) is 18.1 Å². The minimum atomic E-state index is -0.274. The van der Waals surface area contributed by atoms with Crippen molar-refractivity contribution in [2.45, 2.75) is 51.4 Å². The number of methoxy groups -OCH3 is 1. The lowest BCUT2D eigenvalue weighted by Crippen LogP contribution is -2.12. The summed E-state index contributed by atoms with van der Waals surface area (Å²) in [6, 6.07) is 8.72. The van der Waals surface area contributed by atoms with Gasteiger partial charge in [0.25, 0.3) is 0 Å². The van der Waals surface area contributed by atoms with Gasteiger partial charge in [-0.25, -0.2) is 4.79 Å². The maximum atomic E-state index is 11.9. The van der Waals surface area contributed by atoms with Crippen molar-refractivity contribution in [2.24, 2.45) is 0 Å². The van der Waals surface area contributed by atoms with Crippen LogP contribution in [0.2, 0.25) is 0 Å². The summed E-state index contributed by atoms with van der Waals surface area (Å²) in [4.78, 5) is 16.1. The Morgan fingerprint density at radius 2 is 2.21 bits per heavy atom. The second kappa shape index (κ2) is 7.61. The summed E-state index contributed by atoms with van der Waals surface area (Å²) in [5.41, 5.74) is 6.08. The Morgan fingerprint density at radius 1 is 1.33 bits per heavy atom. The minimum absolute atomic E-state index is 0.274. The van der Waals surface area contributed by atoms with Gasteiger partial charge in [-0.05, 0) is 72.8 Å². The number of esters is 1. The summed E-state index contributed by atoms with van der Waals surface area (Å²) < 4.78 is 4.88. The molecule has 126 valence electrons. The molecule has 0 radical (unpaired) electrons. The van der Waals surface area contributed by atoms with Gasteiger partial charge in [-0.1, -0.05) is 25.1 Å². The highest BCUT2D eigenvalue weighted by molar-refractivity contribution is 5.90. The predicted molar refractivity (Wildman–Crippen MR) is 95.4 cm³/mol. The van der Waals surface area contributed by atoms with Crippen molar-refractivity contribution in [3.8, 4) is 0 Å². The van der Waals surface area contributed by atoms with Gasteiger partial charge in [0.1, 0.15) is 0 Å². The number of benzene rings is 1. The maximum Gasteiger partial charge on any atom is 0.338 e. The van der Waals surface area contributed by atoms with Crippen LogP contribution in [0.1, 0.15) is 64.7 Å². The van der Waals surface area contributed by atoms with Crippen LogP contribution in [0, 0.1) is 0 Å². The van der Waals surface area contributed by atoms with Crippen molar-refractivity contribution in [3.63, 3.8) is 0 Å². The third kappa shape index (κ3) is 3.50. The van der Waals surface area contributed by atoms with Gasteiger partial charge in [0.15, 0.2) is 0 Å². The minimum Gasteiger partial charge on any atom is -0.465 e. The van der Waals surface area contributed by atoms with Gasteiger partial charge in [0.2, 0.25) is 0 Å². The van der Waals surface area contributed by atoms with E-state index in [1.54, 1.807) is 18.5 Å². The van der Waals surface area contributed by atoms with Crippen LogP contribution in [0.5, 0.6) is 0 Å². The molecule has 0 N–H and O–H groups in total. The first kappa shape index (κ1) is 16.7. The number of carbonyl (C=O) groups excluding carboxylic acids is 1. The highest BCUT2D eigenvalue weighted by Gasteiger charge is 2.21. The van der Waals surface area contributed by atoms with Crippen LogP contribution >= 0.6 is 0 Å². The number of aromatic nitrogens is 1. The Balaban J connectivity index is 1.76. The Bertz CT molecular complexity index is 724. The first-order chi connectivity index (χ1) is 11.7. The molecule has 24 heavy (non-hydrogen) atoms. The van der Waals surface area contributed by atoms with Crippen LogP contribution in [0.3, 0.4) is 0 Å². The number of carbonyl (C=O) groups is 1. The van der Waals surface area contributed by atoms with E-state index in [4.69, 9.17) is 4.74 Å². The fraction of sp³-hybridized carbons (Fsp3) is 0.429.